The summed E-state index contributed by atoms with van der Waals surface area (Å²) in [5, 5.41) is 11.9. The monoisotopic (exact) mass is 187 g/mol. The molecule has 1 atom stereocenters. The summed E-state index contributed by atoms with van der Waals surface area (Å²) in [6.45, 7) is 8.48. The van der Waals surface area contributed by atoms with E-state index in [9.17, 15) is 4.79 Å². The molecule has 0 fully saturated rings. The number of aliphatic hydroxyl groups is 1. The van der Waals surface area contributed by atoms with E-state index in [0.29, 0.717) is 6.54 Å². The standard InChI is InChI=1S/C10H21NO2/c1-5-6-11-9(13)8(7-12)10(2,3)4/h8,12H,5-7H2,1-4H3,(H,11,13). The second kappa shape index (κ2) is 5.22. The van der Waals surface area contributed by atoms with Crippen LogP contribution in [0.5, 0.6) is 0 Å². The Bertz CT molecular complexity index is 161. The van der Waals surface area contributed by atoms with Crippen molar-refractivity contribution < 1.29 is 9.90 Å². The van der Waals surface area contributed by atoms with Crippen molar-refractivity contribution in [3.8, 4) is 0 Å². The summed E-state index contributed by atoms with van der Waals surface area (Å²) in [6.07, 6.45) is 0.925. The van der Waals surface area contributed by atoms with Crippen LogP contribution in [0.1, 0.15) is 34.1 Å². The van der Waals surface area contributed by atoms with Gasteiger partial charge < -0.3 is 10.4 Å². The zero-order valence-corrected chi connectivity index (χ0v) is 9.05. The van der Waals surface area contributed by atoms with Crippen molar-refractivity contribution >= 4 is 5.91 Å². The van der Waals surface area contributed by atoms with E-state index < -0.39 is 0 Å². The van der Waals surface area contributed by atoms with E-state index in [-0.39, 0.29) is 23.8 Å². The summed E-state index contributed by atoms with van der Waals surface area (Å²) in [5.74, 6) is -0.351. The first kappa shape index (κ1) is 12.4. The average molecular weight is 187 g/mol. The maximum Gasteiger partial charge on any atom is 0.225 e. The molecule has 0 aromatic heterocycles. The van der Waals surface area contributed by atoms with Gasteiger partial charge in [0, 0.05) is 6.54 Å². The van der Waals surface area contributed by atoms with Crippen LogP contribution in [0.15, 0.2) is 0 Å². The van der Waals surface area contributed by atoms with E-state index in [0.717, 1.165) is 6.42 Å². The first-order chi connectivity index (χ1) is 5.93. The van der Waals surface area contributed by atoms with Crippen LogP contribution >= 0.6 is 0 Å². The van der Waals surface area contributed by atoms with Gasteiger partial charge in [-0.15, -0.1) is 0 Å². The molecule has 0 saturated heterocycles. The van der Waals surface area contributed by atoms with Crippen molar-refractivity contribution in [2.45, 2.75) is 34.1 Å². The highest BCUT2D eigenvalue weighted by Crippen LogP contribution is 2.25. The lowest BCUT2D eigenvalue weighted by atomic mass is 9.80. The number of hydrogen-bond acceptors (Lipinski definition) is 2. The van der Waals surface area contributed by atoms with Crippen LogP contribution in [0, 0.1) is 11.3 Å². The Morgan fingerprint density at radius 3 is 2.31 bits per heavy atom. The predicted molar refractivity (Wildman–Crippen MR) is 53.3 cm³/mol. The normalized spacial score (nSPS) is 13.9. The molecule has 0 aliphatic heterocycles. The van der Waals surface area contributed by atoms with Crippen molar-refractivity contribution in [2.24, 2.45) is 11.3 Å². The summed E-state index contributed by atoms with van der Waals surface area (Å²) in [6, 6.07) is 0. The van der Waals surface area contributed by atoms with Crippen LogP contribution in [0.2, 0.25) is 0 Å². The number of nitrogens with one attached hydrogen (secondary N) is 1. The van der Waals surface area contributed by atoms with E-state index in [4.69, 9.17) is 5.11 Å². The Balaban J connectivity index is 4.16. The largest absolute Gasteiger partial charge is 0.396 e. The highest BCUT2D eigenvalue weighted by Gasteiger charge is 2.29. The molecule has 1 unspecified atom stereocenters. The molecule has 0 spiro atoms. The summed E-state index contributed by atoms with van der Waals surface area (Å²) in [7, 11) is 0. The van der Waals surface area contributed by atoms with E-state index in [2.05, 4.69) is 5.32 Å². The lowest BCUT2D eigenvalue weighted by Crippen LogP contribution is -2.40. The van der Waals surface area contributed by atoms with Crippen LogP contribution in [0.4, 0.5) is 0 Å². The number of hydrogen-bond donors (Lipinski definition) is 2. The van der Waals surface area contributed by atoms with Gasteiger partial charge in [-0.05, 0) is 11.8 Å². The summed E-state index contributed by atoms with van der Waals surface area (Å²) in [5.41, 5.74) is -0.174. The predicted octanol–water partition coefficient (Wildman–Crippen LogP) is 1.17. The molecule has 0 aliphatic rings. The van der Waals surface area contributed by atoms with Crippen molar-refractivity contribution in [3.63, 3.8) is 0 Å². The molecule has 1 amide bonds. The van der Waals surface area contributed by atoms with E-state index in [1.165, 1.54) is 0 Å². The lowest BCUT2D eigenvalue weighted by Gasteiger charge is -2.27. The topological polar surface area (TPSA) is 49.3 Å². The Morgan fingerprint density at radius 2 is 2.00 bits per heavy atom. The maximum absolute atomic E-state index is 11.5. The minimum Gasteiger partial charge on any atom is -0.396 e. The van der Waals surface area contributed by atoms with E-state index in [1.807, 2.05) is 27.7 Å². The third-order valence-corrected chi connectivity index (χ3v) is 2.09. The highest BCUT2D eigenvalue weighted by atomic mass is 16.3. The lowest BCUT2D eigenvalue weighted by molar-refractivity contribution is -0.129. The van der Waals surface area contributed by atoms with Crippen molar-refractivity contribution in [1.29, 1.82) is 0 Å². The van der Waals surface area contributed by atoms with Crippen LogP contribution < -0.4 is 5.32 Å². The molecule has 78 valence electrons. The third-order valence-electron chi connectivity index (χ3n) is 2.09. The second-order valence-corrected chi connectivity index (χ2v) is 4.39. The number of rotatable bonds is 4. The minimum atomic E-state index is -0.306. The first-order valence-electron chi connectivity index (χ1n) is 4.82. The molecular weight excluding hydrogens is 166 g/mol. The van der Waals surface area contributed by atoms with Crippen LogP contribution in [0.3, 0.4) is 0 Å². The molecule has 0 aromatic rings. The van der Waals surface area contributed by atoms with Crippen molar-refractivity contribution in [1.82, 2.24) is 5.32 Å². The van der Waals surface area contributed by atoms with Gasteiger partial charge in [0.25, 0.3) is 0 Å². The SMILES string of the molecule is CCCNC(=O)C(CO)C(C)(C)C. The quantitative estimate of drug-likeness (QED) is 0.694. The summed E-state index contributed by atoms with van der Waals surface area (Å²) in [4.78, 5) is 11.5. The van der Waals surface area contributed by atoms with Gasteiger partial charge in [0.2, 0.25) is 5.91 Å². The van der Waals surface area contributed by atoms with Crippen LogP contribution in [-0.2, 0) is 4.79 Å². The number of carbonyl (C=O) groups is 1. The van der Waals surface area contributed by atoms with Gasteiger partial charge in [0.1, 0.15) is 0 Å². The Hall–Kier alpha value is -0.570. The van der Waals surface area contributed by atoms with Gasteiger partial charge in [0.15, 0.2) is 0 Å². The van der Waals surface area contributed by atoms with Gasteiger partial charge in [-0.2, -0.15) is 0 Å². The van der Waals surface area contributed by atoms with Gasteiger partial charge in [-0.25, -0.2) is 0 Å². The summed E-state index contributed by atoms with van der Waals surface area (Å²) < 4.78 is 0. The van der Waals surface area contributed by atoms with Crippen molar-refractivity contribution in [2.75, 3.05) is 13.2 Å². The zero-order valence-electron chi connectivity index (χ0n) is 9.05. The Labute approximate surface area is 80.5 Å². The molecular formula is C10H21NO2. The Kier molecular flexibility index (Phi) is 4.99. The molecule has 0 aromatic carbocycles. The van der Waals surface area contributed by atoms with Crippen molar-refractivity contribution in [3.05, 3.63) is 0 Å². The zero-order chi connectivity index (χ0) is 10.5. The fourth-order valence-corrected chi connectivity index (χ4v) is 1.12. The van der Waals surface area contributed by atoms with E-state index >= 15 is 0 Å². The molecule has 3 nitrogen and oxygen atoms in total. The fourth-order valence-electron chi connectivity index (χ4n) is 1.12. The minimum absolute atomic E-state index is 0.0446. The number of amides is 1. The molecule has 0 radical (unpaired) electrons. The van der Waals surface area contributed by atoms with Gasteiger partial charge in [0.05, 0.1) is 12.5 Å². The molecule has 0 heterocycles. The molecule has 0 bridgehead atoms. The van der Waals surface area contributed by atoms with Crippen LogP contribution in [-0.4, -0.2) is 24.2 Å². The smallest absolute Gasteiger partial charge is 0.225 e. The second-order valence-electron chi connectivity index (χ2n) is 4.39. The average Bonchev–Trinajstić information content (AvgIpc) is 1.99. The molecule has 0 saturated carbocycles. The first-order valence-corrected chi connectivity index (χ1v) is 4.82. The Morgan fingerprint density at radius 1 is 1.46 bits per heavy atom. The molecule has 3 heteroatoms. The maximum atomic E-state index is 11.5. The van der Waals surface area contributed by atoms with E-state index in [1.54, 1.807) is 0 Å². The third kappa shape index (κ3) is 4.27. The molecule has 2 N–H and O–H groups in total. The fraction of sp³-hybridized carbons (Fsp3) is 0.900. The van der Waals surface area contributed by atoms with Crippen LogP contribution in [0.25, 0.3) is 0 Å². The highest BCUT2D eigenvalue weighted by molar-refractivity contribution is 5.79. The number of carbonyl (C=O) groups excluding carboxylic acids is 1. The summed E-state index contributed by atoms with van der Waals surface area (Å²) >= 11 is 0. The molecule has 0 rings (SSSR count). The number of aliphatic hydroxyl groups excluding tert-OH is 1. The molecule has 13 heavy (non-hydrogen) atoms. The van der Waals surface area contributed by atoms with Gasteiger partial charge in [-0.1, -0.05) is 27.7 Å². The van der Waals surface area contributed by atoms with Gasteiger partial charge >= 0.3 is 0 Å². The van der Waals surface area contributed by atoms with Gasteiger partial charge in [-0.3, -0.25) is 4.79 Å². The molecule has 0 aliphatic carbocycles.